The zero-order valence-electron chi connectivity index (χ0n) is 34.4. The van der Waals surface area contributed by atoms with E-state index in [0.717, 1.165) is 89.1 Å². The first-order valence-corrected chi connectivity index (χ1v) is 21.5. The highest BCUT2D eigenvalue weighted by atomic mass is 16.3. The van der Waals surface area contributed by atoms with Gasteiger partial charge in [0, 0.05) is 44.0 Å². The van der Waals surface area contributed by atoms with Gasteiger partial charge in [-0.1, -0.05) is 182 Å². The number of nitrogens with zero attached hydrogens (tertiary/aromatic N) is 2. The first-order chi connectivity index (χ1) is 31.3. The van der Waals surface area contributed by atoms with Gasteiger partial charge in [-0.3, -0.25) is 0 Å². The maximum absolute atomic E-state index is 6.67. The van der Waals surface area contributed by atoms with Crippen LogP contribution >= 0.6 is 0 Å². The summed E-state index contributed by atoms with van der Waals surface area (Å²) in [6.07, 6.45) is 0. The summed E-state index contributed by atoms with van der Waals surface area (Å²) >= 11 is 0. The minimum Gasteiger partial charge on any atom is -0.455 e. The number of hydrogen-bond donors (Lipinski definition) is 0. The van der Waals surface area contributed by atoms with E-state index < -0.39 is 0 Å². The fourth-order valence-corrected chi connectivity index (χ4v) is 9.58. The van der Waals surface area contributed by atoms with Crippen LogP contribution in [0.3, 0.4) is 0 Å². The highest BCUT2D eigenvalue weighted by Gasteiger charge is 2.25. The summed E-state index contributed by atoms with van der Waals surface area (Å²) in [7, 11) is 0. The molecule has 0 atom stereocenters. The number of para-hydroxylation sites is 5. The Morgan fingerprint density at radius 1 is 0.333 bits per heavy atom. The zero-order chi connectivity index (χ0) is 41.7. The topological polar surface area (TPSA) is 21.3 Å². The second kappa shape index (κ2) is 15.3. The van der Waals surface area contributed by atoms with Crippen molar-refractivity contribution in [2.45, 2.75) is 0 Å². The van der Waals surface area contributed by atoms with Gasteiger partial charge in [0.15, 0.2) is 0 Å². The molecule has 0 aliphatic rings. The van der Waals surface area contributed by atoms with Gasteiger partial charge in [0.25, 0.3) is 0 Å². The molecule has 0 bridgehead atoms. The molecule has 2 aromatic heterocycles. The summed E-state index contributed by atoms with van der Waals surface area (Å²) in [5.41, 5.74) is 17.5. The van der Waals surface area contributed by atoms with E-state index in [2.05, 4.69) is 246 Å². The molecule has 0 spiro atoms. The molecule has 0 saturated heterocycles. The van der Waals surface area contributed by atoms with Crippen LogP contribution in [0, 0.1) is 0 Å². The molecule has 63 heavy (non-hydrogen) atoms. The van der Waals surface area contributed by atoms with Gasteiger partial charge in [-0.15, -0.1) is 0 Å². The molecule has 0 N–H and O–H groups in total. The van der Waals surface area contributed by atoms with Crippen LogP contribution in [-0.4, -0.2) is 4.57 Å². The number of hydrogen-bond acceptors (Lipinski definition) is 2. The number of fused-ring (bicyclic) bond motifs is 6. The molecule has 0 unspecified atom stereocenters. The fourth-order valence-electron chi connectivity index (χ4n) is 9.58. The van der Waals surface area contributed by atoms with Crippen molar-refractivity contribution < 1.29 is 4.42 Å². The van der Waals surface area contributed by atoms with E-state index in [0.29, 0.717) is 0 Å². The second-order valence-electron chi connectivity index (χ2n) is 16.0. The summed E-state index contributed by atoms with van der Waals surface area (Å²) in [5, 5.41) is 4.61. The lowest BCUT2D eigenvalue weighted by Gasteiger charge is -2.30. The Kier molecular flexibility index (Phi) is 8.83. The molecule has 2 heterocycles. The molecule has 0 aliphatic carbocycles. The third kappa shape index (κ3) is 6.21. The smallest absolute Gasteiger partial charge is 0.143 e. The average Bonchev–Trinajstić information content (AvgIpc) is 3.92. The van der Waals surface area contributed by atoms with Gasteiger partial charge in [0.05, 0.1) is 22.4 Å². The predicted molar refractivity (Wildman–Crippen MR) is 264 cm³/mol. The van der Waals surface area contributed by atoms with Gasteiger partial charge in [0.1, 0.15) is 11.2 Å². The third-order valence-electron chi connectivity index (χ3n) is 12.4. The minimum atomic E-state index is 0.889. The van der Waals surface area contributed by atoms with Crippen molar-refractivity contribution in [3.63, 3.8) is 0 Å². The lowest BCUT2D eigenvalue weighted by Crippen LogP contribution is -2.12. The van der Waals surface area contributed by atoms with Crippen LogP contribution in [0.15, 0.2) is 247 Å². The highest BCUT2D eigenvalue weighted by Crippen LogP contribution is 2.49. The normalized spacial score (nSPS) is 11.5. The summed E-state index contributed by atoms with van der Waals surface area (Å²) in [6, 6.07) is 87.2. The van der Waals surface area contributed by atoms with E-state index >= 15 is 0 Å². The molecule has 12 aromatic rings. The molecule has 12 rings (SSSR count). The molecule has 0 saturated carbocycles. The van der Waals surface area contributed by atoms with Crippen molar-refractivity contribution in [1.82, 2.24) is 4.57 Å². The van der Waals surface area contributed by atoms with Crippen LogP contribution in [-0.2, 0) is 0 Å². The van der Waals surface area contributed by atoms with Gasteiger partial charge < -0.3 is 13.9 Å². The highest BCUT2D eigenvalue weighted by molar-refractivity contribution is 6.17. The number of aromatic nitrogens is 1. The van der Waals surface area contributed by atoms with Crippen molar-refractivity contribution in [2.24, 2.45) is 0 Å². The molecule has 0 amide bonds. The quantitative estimate of drug-likeness (QED) is 0.153. The summed E-state index contributed by atoms with van der Waals surface area (Å²) in [5.74, 6) is 0. The molecular weight excluding hydrogens is 765 g/mol. The molecule has 3 heteroatoms. The molecular formula is C60H40N2O. The predicted octanol–water partition coefficient (Wildman–Crippen LogP) is 16.8. The maximum atomic E-state index is 6.67. The van der Waals surface area contributed by atoms with E-state index in [-0.39, 0.29) is 0 Å². The van der Waals surface area contributed by atoms with Gasteiger partial charge >= 0.3 is 0 Å². The Hall–Kier alpha value is -8.40. The van der Waals surface area contributed by atoms with Gasteiger partial charge in [-0.25, -0.2) is 0 Å². The van der Waals surface area contributed by atoms with Gasteiger partial charge in [0.2, 0.25) is 0 Å². The Morgan fingerprint density at radius 3 is 1.76 bits per heavy atom. The van der Waals surface area contributed by atoms with Crippen molar-refractivity contribution in [1.29, 1.82) is 0 Å². The minimum absolute atomic E-state index is 0.889. The molecule has 3 nitrogen and oxygen atoms in total. The van der Waals surface area contributed by atoms with E-state index in [1.54, 1.807) is 0 Å². The van der Waals surface area contributed by atoms with Crippen LogP contribution in [0.1, 0.15) is 0 Å². The molecule has 0 radical (unpaired) electrons. The van der Waals surface area contributed by atoms with Crippen LogP contribution < -0.4 is 4.90 Å². The Balaban J connectivity index is 1.15. The number of anilines is 3. The summed E-state index contributed by atoms with van der Waals surface area (Å²) in [4.78, 5) is 2.48. The lowest BCUT2D eigenvalue weighted by molar-refractivity contribution is 0.670. The SMILES string of the molecule is c1ccc(-c2cccc(-c3ccccc3N(c3ccc(-c4cccc5c4oc4ccccc45)c(-c4ccccc4)c3)c3cccc4c3c3ccccc3n4-c3ccccc3)c2)cc1. The third-order valence-corrected chi connectivity index (χ3v) is 12.4. The standard InChI is InChI=1S/C60H40N2O/c1-4-19-41(20-5-1)43-23-16-24-44(39-43)47-27-10-13-32-54(47)62(57-35-18-34-56-59(57)52-29-11-14-33-55(52)61(56)45-25-8-3-9-26-45)46-37-38-48(53(40-46)42-21-6-2-7-22-42)50-30-17-31-51-49-28-12-15-36-58(49)63-60(50)51/h1-40H. The second-order valence-corrected chi connectivity index (χ2v) is 16.0. The van der Waals surface area contributed by atoms with Crippen molar-refractivity contribution >= 4 is 60.8 Å². The maximum Gasteiger partial charge on any atom is 0.143 e. The lowest BCUT2D eigenvalue weighted by atomic mass is 9.92. The first-order valence-electron chi connectivity index (χ1n) is 21.5. The monoisotopic (exact) mass is 804 g/mol. The summed E-state index contributed by atoms with van der Waals surface area (Å²) < 4.78 is 9.06. The molecule has 0 fully saturated rings. The zero-order valence-corrected chi connectivity index (χ0v) is 34.4. The summed E-state index contributed by atoms with van der Waals surface area (Å²) in [6.45, 7) is 0. The Morgan fingerprint density at radius 2 is 0.921 bits per heavy atom. The Labute approximate surface area is 366 Å². The number of benzene rings is 10. The van der Waals surface area contributed by atoms with E-state index in [1.165, 1.54) is 21.9 Å². The number of rotatable bonds is 8. The molecule has 10 aromatic carbocycles. The Bertz CT molecular complexity index is 3620. The van der Waals surface area contributed by atoms with Crippen molar-refractivity contribution in [2.75, 3.05) is 4.90 Å². The van der Waals surface area contributed by atoms with Crippen molar-refractivity contribution in [3.8, 4) is 50.2 Å². The molecule has 0 aliphatic heterocycles. The van der Waals surface area contributed by atoms with Crippen LogP contribution in [0.2, 0.25) is 0 Å². The van der Waals surface area contributed by atoms with Gasteiger partial charge in [-0.2, -0.15) is 0 Å². The first kappa shape index (κ1) is 36.5. The van der Waals surface area contributed by atoms with Crippen LogP contribution in [0.25, 0.3) is 93.9 Å². The average molecular weight is 805 g/mol. The van der Waals surface area contributed by atoms with Gasteiger partial charge in [-0.05, 0) is 94.0 Å². The molecule has 296 valence electrons. The van der Waals surface area contributed by atoms with Crippen LogP contribution in [0.5, 0.6) is 0 Å². The van der Waals surface area contributed by atoms with E-state index in [1.807, 2.05) is 6.07 Å². The fraction of sp³-hybridized carbons (Fsp3) is 0. The largest absolute Gasteiger partial charge is 0.455 e. The van der Waals surface area contributed by atoms with E-state index in [9.17, 15) is 0 Å². The number of furan rings is 1. The van der Waals surface area contributed by atoms with Crippen LogP contribution in [0.4, 0.5) is 17.1 Å². The van der Waals surface area contributed by atoms with E-state index in [4.69, 9.17) is 4.42 Å². The van der Waals surface area contributed by atoms with Crippen molar-refractivity contribution in [3.05, 3.63) is 243 Å².